The quantitative estimate of drug-likeness (QED) is 0.516. The fourth-order valence-corrected chi connectivity index (χ4v) is 4.39. The summed E-state index contributed by atoms with van der Waals surface area (Å²) in [5.74, 6) is 1.71. The summed E-state index contributed by atoms with van der Waals surface area (Å²) >= 11 is 1.26. The number of ether oxygens (including phenoxy) is 2. The lowest BCUT2D eigenvalue weighted by atomic mass is 9.95. The number of hydrogen-bond donors (Lipinski definition) is 1. The third-order valence-electron chi connectivity index (χ3n) is 5.40. The number of benzene rings is 2. The molecule has 1 unspecified atom stereocenters. The van der Waals surface area contributed by atoms with E-state index < -0.39 is 0 Å². The monoisotopic (exact) mass is 470 g/mol. The lowest BCUT2D eigenvalue weighted by Gasteiger charge is -2.24. The highest BCUT2D eigenvalue weighted by Crippen LogP contribution is 2.34. The van der Waals surface area contributed by atoms with E-state index in [1.165, 1.54) is 17.8 Å². The smallest absolute Gasteiger partial charge is 0.230 e. The van der Waals surface area contributed by atoms with Crippen LogP contribution < -0.4 is 14.8 Å². The number of halogens is 1. The van der Waals surface area contributed by atoms with Crippen molar-refractivity contribution in [2.45, 2.75) is 31.5 Å². The van der Waals surface area contributed by atoms with Crippen molar-refractivity contribution in [1.82, 2.24) is 20.1 Å². The van der Waals surface area contributed by atoms with Gasteiger partial charge in [-0.15, -0.1) is 10.2 Å². The van der Waals surface area contributed by atoms with Gasteiger partial charge < -0.3 is 19.4 Å². The summed E-state index contributed by atoms with van der Waals surface area (Å²) in [6.07, 6.45) is 0.840. The Labute approximate surface area is 196 Å². The maximum atomic E-state index is 14.1. The van der Waals surface area contributed by atoms with Gasteiger partial charge in [0.15, 0.2) is 22.5 Å². The van der Waals surface area contributed by atoms with E-state index in [0.29, 0.717) is 35.5 Å². The first kappa shape index (κ1) is 23.1. The molecule has 174 valence electrons. The van der Waals surface area contributed by atoms with Gasteiger partial charge in [0.25, 0.3) is 0 Å². The molecule has 0 fully saturated rings. The first-order valence-electron chi connectivity index (χ1n) is 10.9. The minimum Gasteiger partial charge on any atom is -0.490 e. The average Bonchev–Trinajstić information content (AvgIpc) is 3.01. The Morgan fingerprint density at radius 3 is 2.67 bits per heavy atom. The summed E-state index contributed by atoms with van der Waals surface area (Å²) in [5, 5.41) is 11.9. The second-order valence-corrected chi connectivity index (χ2v) is 9.12. The molecule has 7 nitrogen and oxygen atoms in total. The predicted molar refractivity (Wildman–Crippen MR) is 125 cm³/mol. The Hall–Kier alpha value is -3.07. The van der Waals surface area contributed by atoms with Crippen LogP contribution in [-0.4, -0.2) is 39.6 Å². The maximum Gasteiger partial charge on any atom is 0.230 e. The number of carbonyl (C=O) groups is 1. The lowest BCUT2D eigenvalue weighted by molar-refractivity contribution is -0.119. The minimum atomic E-state index is -0.364. The van der Waals surface area contributed by atoms with Crippen molar-refractivity contribution in [3.8, 4) is 22.9 Å². The number of amides is 1. The molecule has 1 aliphatic rings. The number of nitrogens with one attached hydrogen (secondary N) is 1. The van der Waals surface area contributed by atoms with E-state index in [-0.39, 0.29) is 29.4 Å². The lowest BCUT2D eigenvalue weighted by Crippen LogP contribution is -2.33. The molecule has 1 aliphatic heterocycles. The molecule has 33 heavy (non-hydrogen) atoms. The molecule has 4 rings (SSSR count). The van der Waals surface area contributed by atoms with E-state index >= 15 is 0 Å². The van der Waals surface area contributed by atoms with Crippen molar-refractivity contribution < 1.29 is 18.7 Å². The zero-order chi connectivity index (χ0) is 23.4. The average molecular weight is 471 g/mol. The van der Waals surface area contributed by atoms with Crippen LogP contribution in [0.25, 0.3) is 11.4 Å². The van der Waals surface area contributed by atoms with Crippen molar-refractivity contribution in [1.29, 1.82) is 0 Å². The number of rotatable bonds is 7. The van der Waals surface area contributed by atoms with Gasteiger partial charge >= 0.3 is 0 Å². The molecule has 1 N–H and O–H groups in total. The third kappa shape index (κ3) is 5.30. The zero-order valence-corrected chi connectivity index (χ0v) is 19.7. The Kier molecular flexibility index (Phi) is 7.17. The van der Waals surface area contributed by atoms with Crippen molar-refractivity contribution in [2.75, 3.05) is 19.0 Å². The van der Waals surface area contributed by atoms with E-state index in [0.717, 1.165) is 17.7 Å². The summed E-state index contributed by atoms with van der Waals surface area (Å²) < 4.78 is 27.3. The minimum absolute atomic E-state index is 0.124. The van der Waals surface area contributed by atoms with Crippen molar-refractivity contribution >= 4 is 17.7 Å². The second-order valence-electron chi connectivity index (χ2n) is 8.18. The molecular formula is C24H27FN4O3S. The van der Waals surface area contributed by atoms with Crippen LogP contribution in [0, 0.1) is 11.7 Å². The van der Waals surface area contributed by atoms with Crippen molar-refractivity contribution in [3.63, 3.8) is 0 Å². The first-order valence-corrected chi connectivity index (χ1v) is 11.9. The van der Waals surface area contributed by atoms with E-state index in [1.54, 1.807) is 29.8 Å². The van der Waals surface area contributed by atoms with E-state index in [1.807, 2.05) is 18.2 Å². The third-order valence-corrected chi connectivity index (χ3v) is 6.42. The number of hydrogen-bond acceptors (Lipinski definition) is 6. The molecule has 1 atom stereocenters. The maximum absolute atomic E-state index is 14.1. The molecule has 0 bridgehead atoms. The van der Waals surface area contributed by atoms with Gasteiger partial charge in [0.2, 0.25) is 5.91 Å². The molecule has 0 aliphatic carbocycles. The van der Waals surface area contributed by atoms with Crippen molar-refractivity contribution in [3.05, 3.63) is 53.8 Å². The van der Waals surface area contributed by atoms with Gasteiger partial charge in [0, 0.05) is 13.5 Å². The van der Waals surface area contributed by atoms with Gasteiger partial charge in [-0.2, -0.15) is 0 Å². The summed E-state index contributed by atoms with van der Waals surface area (Å²) in [5.41, 5.74) is 1.34. The normalized spacial score (nSPS) is 14.1. The SMILES string of the molecule is CC(C)C(NC(=O)CSc1nnc(-c2ccccc2F)n1C)c1ccc2c(c1)OCCCO2. The van der Waals surface area contributed by atoms with Crippen LogP contribution in [0.2, 0.25) is 0 Å². The molecule has 1 aromatic heterocycles. The number of nitrogens with zero attached hydrogens (tertiary/aromatic N) is 3. The molecule has 3 aromatic rings. The molecular weight excluding hydrogens is 443 g/mol. The number of carbonyl (C=O) groups excluding carboxylic acids is 1. The predicted octanol–water partition coefficient (Wildman–Crippen LogP) is 4.39. The highest BCUT2D eigenvalue weighted by atomic mass is 32.2. The van der Waals surface area contributed by atoms with Crippen LogP contribution in [0.5, 0.6) is 11.5 Å². The Bertz CT molecular complexity index is 1130. The Morgan fingerprint density at radius 2 is 1.91 bits per heavy atom. The second kappa shape index (κ2) is 10.2. The van der Waals surface area contributed by atoms with Crippen LogP contribution in [0.3, 0.4) is 0 Å². The largest absolute Gasteiger partial charge is 0.490 e. The van der Waals surface area contributed by atoms with E-state index in [2.05, 4.69) is 29.4 Å². The molecule has 0 spiro atoms. The number of fused-ring (bicyclic) bond motifs is 1. The van der Waals surface area contributed by atoms with Gasteiger partial charge in [-0.3, -0.25) is 4.79 Å². The van der Waals surface area contributed by atoms with Crippen LogP contribution in [0.15, 0.2) is 47.6 Å². The standard InChI is InChI=1S/C24H27FN4O3S/c1-15(2)22(16-9-10-19-20(13-16)32-12-6-11-31-19)26-21(30)14-33-24-28-27-23(29(24)3)17-7-4-5-8-18(17)25/h4-5,7-10,13,15,22H,6,11-12,14H2,1-3H3,(H,26,30). The van der Waals surface area contributed by atoms with Crippen LogP contribution in [0.4, 0.5) is 4.39 Å². The van der Waals surface area contributed by atoms with Gasteiger partial charge in [-0.05, 0) is 35.7 Å². The fourth-order valence-electron chi connectivity index (χ4n) is 3.67. The number of aromatic nitrogens is 3. The van der Waals surface area contributed by atoms with Crippen molar-refractivity contribution in [2.24, 2.45) is 13.0 Å². The molecule has 9 heteroatoms. The van der Waals surface area contributed by atoms with E-state index in [4.69, 9.17) is 9.47 Å². The molecule has 0 saturated carbocycles. The zero-order valence-electron chi connectivity index (χ0n) is 18.9. The Balaban J connectivity index is 1.43. The van der Waals surface area contributed by atoms with Gasteiger partial charge in [0.1, 0.15) is 5.82 Å². The first-order chi connectivity index (χ1) is 15.9. The van der Waals surface area contributed by atoms with E-state index in [9.17, 15) is 9.18 Å². The molecule has 0 saturated heterocycles. The molecule has 1 amide bonds. The number of thioether (sulfide) groups is 1. The molecule has 2 heterocycles. The summed E-state index contributed by atoms with van der Waals surface area (Å²) in [4.78, 5) is 12.8. The van der Waals surface area contributed by atoms with Gasteiger partial charge in [-0.1, -0.05) is 43.8 Å². The van der Waals surface area contributed by atoms with Crippen LogP contribution >= 0.6 is 11.8 Å². The topological polar surface area (TPSA) is 78.3 Å². The van der Waals surface area contributed by atoms with Crippen LogP contribution in [0.1, 0.15) is 31.9 Å². The highest BCUT2D eigenvalue weighted by molar-refractivity contribution is 7.99. The summed E-state index contributed by atoms with van der Waals surface area (Å²) in [6.45, 7) is 5.36. The summed E-state index contributed by atoms with van der Waals surface area (Å²) in [7, 11) is 1.76. The highest BCUT2D eigenvalue weighted by Gasteiger charge is 2.22. The summed E-state index contributed by atoms with van der Waals surface area (Å²) in [6, 6.07) is 12.1. The Morgan fingerprint density at radius 1 is 1.15 bits per heavy atom. The molecule has 2 aromatic carbocycles. The molecule has 0 radical (unpaired) electrons. The fraction of sp³-hybridized carbons (Fsp3) is 0.375. The van der Waals surface area contributed by atoms with Gasteiger partial charge in [0.05, 0.1) is 30.6 Å². The van der Waals surface area contributed by atoms with Gasteiger partial charge in [-0.25, -0.2) is 4.39 Å². The van der Waals surface area contributed by atoms with Crippen LogP contribution in [-0.2, 0) is 11.8 Å².